The van der Waals surface area contributed by atoms with Crippen LogP contribution in [0.1, 0.15) is 38.7 Å². The number of urea groups is 1. The van der Waals surface area contributed by atoms with Crippen molar-refractivity contribution in [3.05, 3.63) is 34.9 Å². The molecular weight excluding hydrogens is 342 g/mol. The van der Waals surface area contributed by atoms with Crippen molar-refractivity contribution < 1.29 is 14.4 Å². The van der Waals surface area contributed by atoms with Gasteiger partial charge in [-0.25, -0.2) is 4.79 Å². The number of imide groups is 1. The normalized spacial score (nSPS) is 26.8. The molecule has 1 aromatic carbocycles. The minimum atomic E-state index is -1.26. The Balaban J connectivity index is 1.80. The summed E-state index contributed by atoms with van der Waals surface area (Å²) in [6.45, 7) is 4.04. The van der Waals surface area contributed by atoms with Gasteiger partial charge < -0.3 is 10.2 Å². The molecule has 2 atom stereocenters. The fraction of sp³-hybridized carbons (Fsp3) is 0.500. The highest BCUT2D eigenvalue weighted by Crippen LogP contribution is 2.33. The van der Waals surface area contributed by atoms with E-state index in [4.69, 9.17) is 11.6 Å². The molecule has 0 bridgehead atoms. The van der Waals surface area contributed by atoms with Gasteiger partial charge in [-0.1, -0.05) is 29.8 Å². The largest absolute Gasteiger partial charge is 0.338 e. The molecule has 2 aliphatic heterocycles. The quantitative estimate of drug-likeness (QED) is 0.839. The number of nitrogens with zero attached hydrogens (tertiary/aromatic N) is 2. The number of nitrogens with one attached hydrogen (secondary N) is 1. The summed E-state index contributed by atoms with van der Waals surface area (Å²) in [5.74, 6) is -0.650. The lowest BCUT2D eigenvalue weighted by Crippen LogP contribution is -2.48. The van der Waals surface area contributed by atoms with E-state index in [1.165, 1.54) is 0 Å². The van der Waals surface area contributed by atoms with Crippen molar-refractivity contribution in [3.8, 4) is 0 Å². The number of piperidine rings is 1. The lowest BCUT2D eigenvalue weighted by molar-refractivity contribution is -0.140. The number of rotatable bonds is 3. The molecule has 0 radical (unpaired) electrons. The molecule has 3 rings (SSSR count). The molecule has 0 aliphatic carbocycles. The fourth-order valence-electron chi connectivity index (χ4n) is 3.58. The lowest BCUT2D eigenvalue weighted by atomic mass is 9.92. The van der Waals surface area contributed by atoms with Crippen LogP contribution in [0.25, 0.3) is 0 Å². The molecule has 1 N–H and O–H groups in total. The van der Waals surface area contributed by atoms with E-state index in [1.807, 2.05) is 6.92 Å². The van der Waals surface area contributed by atoms with Crippen LogP contribution in [0, 0.1) is 0 Å². The average Bonchev–Trinajstić information content (AvgIpc) is 2.79. The average molecular weight is 364 g/mol. The van der Waals surface area contributed by atoms with Crippen molar-refractivity contribution in [3.63, 3.8) is 0 Å². The predicted octanol–water partition coefficient (Wildman–Crippen LogP) is 2.51. The Morgan fingerprint density at radius 1 is 1.32 bits per heavy atom. The number of carbonyl (C=O) groups is 3. The molecule has 2 fully saturated rings. The van der Waals surface area contributed by atoms with Gasteiger partial charge in [0.15, 0.2) is 0 Å². The summed E-state index contributed by atoms with van der Waals surface area (Å²) in [5.41, 5.74) is -0.736. The molecule has 2 aliphatic rings. The van der Waals surface area contributed by atoms with Crippen LogP contribution >= 0.6 is 11.6 Å². The molecule has 1 aromatic rings. The molecule has 0 spiro atoms. The van der Waals surface area contributed by atoms with Crippen LogP contribution in [0.3, 0.4) is 0 Å². The van der Waals surface area contributed by atoms with Crippen molar-refractivity contribution in [1.82, 2.24) is 15.1 Å². The van der Waals surface area contributed by atoms with E-state index < -0.39 is 17.5 Å². The van der Waals surface area contributed by atoms with Crippen LogP contribution in [0.5, 0.6) is 0 Å². The van der Waals surface area contributed by atoms with Gasteiger partial charge in [-0.3, -0.25) is 14.5 Å². The first kappa shape index (κ1) is 17.7. The summed E-state index contributed by atoms with van der Waals surface area (Å²) in [5, 5.41) is 3.09. The van der Waals surface area contributed by atoms with Crippen molar-refractivity contribution >= 4 is 29.4 Å². The summed E-state index contributed by atoms with van der Waals surface area (Å²) in [7, 11) is 0. The van der Waals surface area contributed by atoms with Crippen molar-refractivity contribution in [2.24, 2.45) is 0 Å². The Bertz CT molecular complexity index is 723. The van der Waals surface area contributed by atoms with Gasteiger partial charge in [-0.05, 0) is 39.2 Å². The Labute approximate surface area is 152 Å². The molecular formula is C18H22ClN3O3. The van der Waals surface area contributed by atoms with Crippen molar-refractivity contribution in [2.75, 3.05) is 13.1 Å². The van der Waals surface area contributed by atoms with Gasteiger partial charge in [0.2, 0.25) is 5.91 Å². The van der Waals surface area contributed by atoms with E-state index in [0.29, 0.717) is 17.1 Å². The summed E-state index contributed by atoms with van der Waals surface area (Å²) in [4.78, 5) is 40.6. The molecule has 6 nitrogen and oxygen atoms in total. The topological polar surface area (TPSA) is 69.7 Å². The molecule has 0 unspecified atom stereocenters. The summed E-state index contributed by atoms with van der Waals surface area (Å²) in [6, 6.07) is 6.47. The van der Waals surface area contributed by atoms with Gasteiger partial charge in [-0.15, -0.1) is 0 Å². The van der Waals surface area contributed by atoms with Crippen LogP contribution < -0.4 is 5.32 Å². The molecule has 4 amide bonds. The third kappa shape index (κ3) is 3.11. The van der Waals surface area contributed by atoms with Crippen LogP contribution in [0.15, 0.2) is 24.3 Å². The minimum absolute atomic E-state index is 0.136. The monoisotopic (exact) mass is 363 g/mol. The lowest BCUT2D eigenvalue weighted by Gasteiger charge is -2.34. The summed E-state index contributed by atoms with van der Waals surface area (Å²) in [6.07, 6.45) is 3.00. The third-order valence-corrected chi connectivity index (χ3v) is 5.43. The highest BCUT2D eigenvalue weighted by atomic mass is 35.5. The smallest absolute Gasteiger partial charge is 0.325 e. The standard InChI is InChI=1S/C18H22ClN3O3/c1-12-7-5-6-10-21(12)15(23)11-22-16(24)18(2,20-17(22)25)13-8-3-4-9-14(13)19/h3-4,8-9,12H,5-7,10-11H2,1-2H3,(H,20,25)/t12-,18+/m1/s1. The first-order valence-electron chi connectivity index (χ1n) is 8.53. The van der Waals surface area contributed by atoms with Crippen LogP contribution in [0.4, 0.5) is 4.79 Å². The van der Waals surface area contributed by atoms with Gasteiger partial charge in [0.05, 0.1) is 0 Å². The Morgan fingerprint density at radius 2 is 2.04 bits per heavy atom. The number of benzene rings is 1. The number of carbonyl (C=O) groups excluding carboxylic acids is 3. The zero-order valence-electron chi connectivity index (χ0n) is 14.4. The summed E-state index contributed by atoms with van der Waals surface area (Å²) >= 11 is 6.20. The maximum atomic E-state index is 12.9. The van der Waals surface area contributed by atoms with E-state index in [-0.39, 0.29) is 18.5 Å². The maximum absolute atomic E-state index is 12.9. The second kappa shape index (κ2) is 6.67. The van der Waals surface area contributed by atoms with Crippen LogP contribution in [-0.2, 0) is 15.1 Å². The molecule has 0 aromatic heterocycles. The zero-order valence-corrected chi connectivity index (χ0v) is 15.2. The number of likely N-dealkylation sites (tertiary alicyclic amines) is 1. The van der Waals surface area contributed by atoms with E-state index in [1.54, 1.807) is 36.1 Å². The third-order valence-electron chi connectivity index (χ3n) is 5.10. The highest BCUT2D eigenvalue weighted by Gasteiger charge is 2.50. The second-order valence-corrected chi connectivity index (χ2v) is 7.27. The molecule has 7 heteroatoms. The first-order valence-corrected chi connectivity index (χ1v) is 8.91. The van der Waals surface area contributed by atoms with Crippen LogP contribution in [-0.4, -0.2) is 46.8 Å². The van der Waals surface area contributed by atoms with Gasteiger partial charge in [0.1, 0.15) is 12.1 Å². The Kier molecular flexibility index (Phi) is 4.73. The molecule has 0 saturated carbocycles. The fourth-order valence-corrected chi connectivity index (χ4v) is 3.91. The molecule has 2 heterocycles. The van der Waals surface area contributed by atoms with Gasteiger partial charge >= 0.3 is 6.03 Å². The first-order chi connectivity index (χ1) is 11.8. The Hall–Kier alpha value is -2.08. The number of halogens is 1. The number of hydrogen-bond acceptors (Lipinski definition) is 3. The van der Waals surface area contributed by atoms with Gasteiger partial charge in [0, 0.05) is 23.2 Å². The molecule has 134 valence electrons. The summed E-state index contributed by atoms with van der Waals surface area (Å²) < 4.78 is 0. The van der Waals surface area contributed by atoms with E-state index >= 15 is 0 Å². The SMILES string of the molecule is C[C@@H]1CCCCN1C(=O)CN1C(=O)N[C@@](C)(c2ccccc2Cl)C1=O. The minimum Gasteiger partial charge on any atom is -0.338 e. The maximum Gasteiger partial charge on any atom is 0.325 e. The second-order valence-electron chi connectivity index (χ2n) is 6.86. The van der Waals surface area contributed by atoms with Gasteiger partial charge in [0.25, 0.3) is 5.91 Å². The predicted molar refractivity (Wildman–Crippen MR) is 94.1 cm³/mol. The van der Waals surface area contributed by atoms with Gasteiger partial charge in [-0.2, -0.15) is 0 Å². The van der Waals surface area contributed by atoms with E-state index in [2.05, 4.69) is 5.32 Å². The molecule has 25 heavy (non-hydrogen) atoms. The number of hydrogen-bond donors (Lipinski definition) is 1. The van der Waals surface area contributed by atoms with E-state index in [0.717, 1.165) is 24.2 Å². The van der Waals surface area contributed by atoms with Crippen LogP contribution in [0.2, 0.25) is 5.02 Å². The zero-order chi connectivity index (χ0) is 18.2. The Morgan fingerprint density at radius 3 is 2.72 bits per heavy atom. The van der Waals surface area contributed by atoms with E-state index in [9.17, 15) is 14.4 Å². The van der Waals surface area contributed by atoms with Crippen molar-refractivity contribution in [1.29, 1.82) is 0 Å². The highest BCUT2D eigenvalue weighted by molar-refractivity contribution is 6.32. The number of amides is 4. The van der Waals surface area contributed by atoms with Crippen molar-refractivity contribution in [2.45, 2.75) is 44.7 Å². The molecule has 2 saturated heterocycles.